The molecule has 0 aromatic rings. The first-order valence-corrected chi connectivity index (χ1v) is 5.03. The number of hydrogen-bond acceptors (Lipinski definition) is 2. The van der Waals surface area contributed by atoms with Gasteiger partial charge < -0.3 is 4.90 Å². The third kappa shape index (κ3) is 2.34. The van der Waals surface area contributed by atoms with Gasteiger partial charge in [0.2, 0.25) is 5.96 Å². The van der Waals surface area contributed by atoms with Gasteiger partial charge in [0.25, 0.3) is 0 Å². The Morgan fingerprint density at radius 3 is 3.00 bits per heavy atom. The molecule has 1 rings (SSSR count). The van der Waals surface area contributed by atoms with Crippen LogP contribution >= 0.6 is 0 Å². The van der Waals surface area contributed by atoms with Gasteiger partial charge in [-0.25, -0.2) is 5.84 Å². The number of aliphatic imine (C=N–C) groups is 1. The zero-order chi connectivity index (χ0) is 9.68. The average Bonchev–Trinajstić information content (AvgIpc) is 2.57. The molecule has 13 heavy (non-hydrogen) atoms. The van der Waals surface area contributed by atoms with Crippen molar-refractivity contribution >= 4 is 5.96 Å². The molecule has 1 aliphatic rings. The minimum absolute atomic E-state index is 0.639. The molecule has 0 aliphatic carbocycles. The van der Waals surface area contributed by atoms with Crippen LogP contribution in [0, 0.1) is 0 Å². The van der Waals surface area contributed by atoms with Crippen molar-refractivity contribution in [2.45, 2.75) is 38.6 Å². The van der Waals surface area contributed by atoms with Gasteiger partial charge in [-0.05, 0) is 19.3 Å². The molecule has 0 spiro atoms. The molecule has 3 N–H and O–H groups in total. The van der Waals surface area contributed by atoms with Crippen molar-refractivity contribution < 1.29 is 0 Å². The van der Waals surface area contributed by atoms with Crippen molar-refractivity contribution in [3.05, 3.63) is 0 Å². The maximum atomic E-state index is 5.40. The van der Waals surface area contributed by atoms with Gasteiger partial charge in [0.1, 0.15) is 0 Å². The molecule has 76 valence electrons. The Labute approximate surface area is 80.2 Å². The summed E-state index contributed by atoms with van der Waals surface area (Å²) in [5, 5.41) is 0. The van der Waals surface area contributed by atoms with Crippen LogP contribution in [0.25, 0.3) is 0 Å². The van der Waals surface area contributed by atoms with Crippen LogP contribution < -0.4 is 11.3 Å². The van der Waals surface area contributed by atoms with E-state index in [1.54, 1.807) is 7.05 Å². The second-order valence-electron chi connectivity index (χ2n) is 3.47. The number of likely N-dealkylation sites (tertiary alicyclic amines) is 1. The summed E-state index contributed by atoms with van der Waals surface area (Å²) in [5.41, 5.74) is 2.66. The molecule has 0 bridgehead atoms. The first-order chi connectivity index (χ1) is 6.33. The quantitative estimate of drug-likeness (QED) is 0.287. The monoisotopic (exact) mass is 184 g/mol. The van der Waals surface area contributed by atoms with Crippen LogP contribution in [0.1, 0.15) is 32.6 Å². The van der Waals surface area contributed by atoms with Crippen LogP contribution in [0.4, 0.5) is 0 Å². The van der Waals surface area contributed by atoms with Gasteiger partial charge in [-0.15, -0.1) is 0 Å². The fraction of sp³-hybridized carbons (Fsp3) is 0.889. The van der Waals surface area contributed by atoms with Gasteiger partial charge in [-0.2, -0.15) is 0 Å². The van der Waals surface area contributed by atoms with Crippen LogP contribution in [0.5, 0.6) is 0 Å². The summed E-state index contributed by atoms with van der Waals surface area (Å²) < 4.78 is 0. The van der Waals surface area contributed by atoms with E-state index in [1.165, 1.54) is 25.7 Å². The number of nitrogens with zero attached hydrogens (tertiary/aromatic N) is 2. The molecule has 0 aromatic heterocycles. The van der Waals surface area contributed by atoms with Gasteiger partial charge in [-0.1, -0.05) is 13.3 Å². The summed E-state index contributed by atoms with van der Waals surface area (Å²) in [5.74, 6) is 6.23. The molecule has 1 heterocycles. The molecule has 1 atom stereocenters. The van der Waals surface area contributed by atoms with Crippen molar-refractivity contribution in [1.29, 1.82) is 0 Å². The van der Waals surface area contributed by atoms with Crippen LogP contribution in [0.15, 0.2) is 4.99 Å². The Balaban J connectivity index is 2.56. The second kappa shape index (κ2) is 5.07. The van der Waals surface area contributed by atoms with E-state index in [2.05, 4.69) is 22.2 Å². The molecule has 0 radical (unpaired) electrons. The van der Waals surface area contributed by atoms with E-state index in [1.807, 2.05) is 0 Å². The average molecular weight is 184 g/mol. The Bertz CT molecular complexity index is 178. The lowest BCUT2D eigenvalue weighted by atomic mass is 10.1. The molecule has 0 aromatic carbocycles. The number of nitrogens with two attached hydrogens (primary N) is 1. The smallest absolute Gasteiger partial charge is 0.208 e. The minimum atomic E-state index is 0.639. The molecule has 1 fully saturated rings. The standard InChI is InChI=1S/C9H20N4/c1-3-5-8-6-4-7-13(8)9(11-2)12-10/h8H,3-7,10H2,1-2H3,(H,11,12). The number of rotatable bonds is 2. The highest BCUT2D eigenvalue weighted by molar-refractivity contribution is 5.79. The molecular weight excluding hydrogens is 164 g/mol. The molecule has 0 amide bonds. The Morgan fingerprint density at radius 2 is 2.46 bits per heavy atom. The first-order valence-electron chi connectivity index (χ1n) is 5.03. The van der Waals surface area contributed by atoms with E-state index < -0.39 is 0 Å². The van der Waals surface area contributed by atoms with Crippen LogP contribution in [-0.4, -0.2) is 30.5 Å². The van der Waals surface area contributed by atoms with E-state index in [0.29, 0.717) is 6.04 Å². The largest absolute Gasteiger partial charge is 0.339 e. The van der Waals surface area contributed by atoms with Gasteiger partial charge in [0.15, 0.2) is 0 Å². The van der Waals surface area contributed by atoms with E-state index in [-0.39, 0.29) is 0 Å². The van der Waals surface area contributed by atoms with Crippen LogP contribution in [0.2, 0.25) is 0 Å². The summed E-state index contributed by atoms with van der Waals surface area (Å²) in [7, 11) is 1.77. The van der Waals surface area contributed by atoms with E-state index in [4.69, 9.17) is 5.84 Å². The Hall–Kier alpha value is -0.770. The summed E-state index contributed by atoms with van der Waals surface area (Å²) >= 11 is 0. The maximum Gasteiger partial charge on any atom is 0.208 e. The fourth-order valence-corrected chi connectivity index (χ4v) is 2.02. The number of hydrazine groups is 1. The van der Waals surface area contributed by atoms with Crippen molar-refractivity contribution in [1.82, 2.24) is 10.3 Å². The topological polar surface area (TPSA) is 53.6 Å². The summed E-state index contributed by atoms with van der Waals surface area (Å²) in [4.78, 5) is 6.41. The molecule has 1 unspecified atom stereocenters. The van der Waals surface area contributed by atoms with Gasteiger partial charge >= 0.3 is 0 Å². The Morgan fingerprint density at radius 1 is 1.69 bits per heavy atom. The maximum absolute atomic E-state index is 5.40. The zero-order valence-corrected chi connectivity index (χ0v) is 8.58. The van der Waals surface area contributed by atoms with Crippen molar-refractivity contribution in [3.63, 3.8) is 0 Å². The third-order valence-corrected chi connectivity index (χ3v) is 2.61. The SMILES string of the molecule is CCCC1CCCN1C(=NC)NN. The molecule has 4 nitrogen and oxygen atoms in total. The fourth-order valence-electron chi connectivity index (χ4n) is 2.02. The Kier molecular flexibility index (Phi) is 4.02. The summed E-state index contributed by atoms with van der Waals surface area (Å²) in [6, 6.07) is 0.639. The first kappa shape index (κ1) is 10.3. The number of nitrogens with one attached hydrogen (secondary N) is 1. The minimum Gasteiger partial charge on any atom is -0.339 e. The predicted molar refractivity (Wildman–Crippen MR) is 55.3 cm³/mol. The van der Waals surface area contributed by atoms with Gasteiger partial charge in [0, 0.05) is 19.6 Å². The number of hydrogen-bond donors (Lipinski definition) is 2. The molecule has 1 aliphatic heterocycles. The molecule has 0 saturated carbocycles. The lowest BCUT2D eigenvalue weighted by Gasteiger charge is -2.26. The molecule has 1 saturated heterocycles. The van der Waals surface area contributed by atoms with Crippen molar-refractivity contribution in [3.8, 4) is 0 Å². The van der Waals surface area contributed by atoms with E-state index in [0.717, 1.165) is 12.5 Å². The highest BCUT2D eigenvalue weighted by Gasteiger charge is 2.25. The predicted octanol–water partition coefficient (Wildman–Crippen LogP) is 0.700. The summed E-state index contributed by atoms with van der Waals surface area (Å²) in [6.07, 6.45) is 4.99. The zero-order valence-electron chi connectivity index (χ0n) is 8.58. The highest BCUT2D eigenvalue weighted by atomic mass is 15.4. The van der Waals surface area contributed by atoms with Crippen molar-refractivity contribution in [2.75, 3.05) is 13.6 Å². The lowest BCUT2D eigenvalue weighted by molar-refractivity contribution is 0.354. The summed E-state index contributed by atoms with van der Waals surface area (Å²) in [6.45, 7) is 3.30. The van der Waals surface area contributed by atoms with Crippen LogP contribution in [0.3, 0.4) is 0 Å². The second-order valence-corrected chi connectivity index (χ2v) is 3.47. The number of guanidine groups is 1. The third-order valence-electron chi connectivity index (χ3n) is 2.61. The van der Waals surface area contributed by atoms with Gasteiger partial charge in [-0.3, -0.25) is 10.4 Å². The van der Waals surface area contributed by atoms with Crippen molar-refractivity contribution in [2.24, 2.45) is 10.8 Å². The lowest BCUT2D eigenvalue weighted by Crippen LogP contribution is -2.46. The van der Waals surface area contributed by atoms with Crippen LogP contribution in [-0.2, 0) is 0 Å². The highest BCUT2D eigenvalue weighted by Crippen LogP contribution is 2.20. The van der Waals surface area contributed by atoms with E-state index >= 15 is 0 Å². The normalized spacial score (nSPS) is 23.8. The molecule has 4 heteroatoms. The molecular formula is C9H20N4. The van der Waals surface area contributed by atoms with Gasteiger partial charge in [0.05, 0.1) is 0 Å². The van der Waals surface area contributed by atoms with E-state index in [9.17, 15) is 0 Å².